The van der Waals surface area contributed by atoms with E-state index >= 15 is 0 Å². The zero-order chi connectivity index (χ0) is 16.1. The van der Waals surface area contributed by atoms with Crippen molar-refractivity contribution in [3.63, 3.8) is 0 Å². The third kappa shape index (κ3) is 4.13. The molecule has 4 N–H and O–H groups in total. The Morgan fingerprint density at radius 3 is 2.36 bits per heavy atom. The van der Waals surface area contributed by atoms with Gasteiger partial charge in [0.2, 0.25) is 0 Å². The SMILES string of the molecule is O=C(O)c1ccc(NNC(=S)Nc2ccc(F)cc2F)cc1. The smallest absolute Gasteiger partial charge is 0.335 e. The molecule has 2 aromatic rings. The highest BCUT2D eigenvalue weighted by Gasteiger charge is 2.05. The van der Waals surface area contributed by atoms with Gasteiger partial charge in [-0.2, -0.15) is 0 Å². The van der Waals surface area contributed by atoms with Crippen molar-refractivity contribution in [2.75, 3.05) is 10.7 Å². The van der Waals surface area contributed by atoms with Crippen molar-refractivity contribution in [2.24, 2.45) is 0 Å². The Hall–Kier alpha value is -2.74. The summed E-state index contributed by atoms with van der Waals surface area (Å²) in [5.41, 5.74) is 6.06. The number of rotatable bonds is 4. The number of carbonyl (C=O) groups is 1. The molecular weight excluding hydrogens is 312 g/mol. The van der Waals surface area contributed by atoms with Gasteiger partial charge in [-0.15, -0.1) is 0 Å². The van der Waals surface area contributed by atoms with Crippen LogP contribution in [0.5, 0.6) is 0 Å². The zero-order valence-electron chi connectivity index (χ0n) is 11.1. The summed E-state index contributed by atoms with van der Waals surface area (Å²) in [4.78, 5) is 10.7. The van der Waals surface area contributed by atoms with Crippen molar-refractivity contribution in [1.82, 2.24) is 5.43 Å². The third-order valence-corrected chi connectivity index (χ3v) is 2.84. The molecule has 22 heavy (non-hydrogen) atoms. The van der Waals surface area contributed by atoms with E-state index in [-0.39, 0.29) is 16.4 Å². The van der Waals surface area contributed by atoms with Crippen LogP contribution in [0.3, 0.4) is 0 Å². The maximum absolute atomic E-state index is 13.4. The molecule has 2 rings (SSSR count). The summed E-state index contributed by atoms with van der Waals surface area (Å²) in [5.74, 6) is -2.47. The molecule has 0 atom stereocenters. The molecule has 0 bridgehead atoms. The Kier molecular flexibility index (Phi) is 4.84. The van der Waals surface area contributed by atoms with Crippen molar-refractivity contribution in [3.05, 3.63) is 59.7 Å². The van der Waals surface area contributed by atoms with Crippen LogP contribution < -0.4 is 16.2 Å². The molecule has 114 valence electrons. The molecule has 2 aromatic carbocycles. The van der Waals surface area contributed by atoms with Gasteiger partial charge >= 0.3 is 5.97 Å². The number of hydrazine groups is 1. The first-order valence-electron chi connectivity index (χ1n) is 6.07. The van der Waals surface area contributed by atoms with Crippen molar-refractivity contribution in [3.8, 4) is 0 Å². The van der Waals surface area contributed by atoms with E-state index in [0.29, 0.717) is 5.69 Å². The summed E-state index contributed by atoms with van der Waals surface area (Å²) < 4.78 is 26.2. The molecule has 0 saturated heterocycles. The topological polar surface area (TPSA) is 73.4 Å². The molecule has 0 radical (unpaired) electrons. The highest BCUT2D eigenvalue weighted by atomic mass is 32.1. The van der Waals surface area contributed by atoms with Gasteiger partial charge in [0.05, 0.1) is 16.9 Å². The Morgan fingerprint density at radius 2 is 1.77 bits per heavy atom. The fourth-order valence-electron chi connectivity index (χ4n) is 1.57. The maximum atomic E-state index is 13.4. The Balaban J connectivity index is 1.91. The minimum absolute atomic E-state index is 0.0296. The molecule has 0 unspecified atom stereocenters. The molecular formula is C14H11F2N3O2S. The van der Waals surface area contributed by atoms with Crippen molar-refractivity contribution < 1.29 is 18.7 Å². The zero-order valence-corrected chi connectivity index (χ0v) is 11.9. The fourth-order valence-corrected chi connectivity index (χ4v) is 1.73. The van der Waals surface area contributed by atoms with E-state index in [1.807, 2.05) is 0 Å². The van der Waals surface area contributed by atoms with Crippen molar-refractivity contribution >= 4 is 34.7 Å². The van der Waals surface area contributed by atoms with Gasteiger partial charge < -0.3 is 10.4 Å². The lowest BCUT2D eigenvalue weighted by Gasteiger charge is -2.13. The molecule has 0 heterocycles. The Bertz CT molecular complexity index is 708. The van der Waals surface area contributed by atoms with Crippen LogP contribution >= 0.6 is 12.2 Å². The molecule has 0 amide bonds. The average molecular weight is 323 g/mol. The number of thiocarbonyl (C=S) groups is 1. The average Bonchev–Trinajstić information content (AvgIpc) is 2.48. The minimum Gasteiger partial charge on any atom is -0.478 e. The number of benzene rings is 2. The second kappa shape index (κ2) is 6.81. The van der Waals surface area contributed by atoms with Crippen molar-refractivity contribution in [2.45, 2.75) is 0 Å². The minimum atomic E-state index is -1.02. The lowest BCUT2D eigenvalue weighted by Crippen LogP contribution is -2.33. The molecule has 5 nitrogen and oxygen atoms in total. The molecule has 0 fully saturated rings. The largest absolute Gasteiger partial charge is 0.478 e. The van der Waals surface area contributed by atoms with Crippen LogP contribution in [0.25, 0.3) is 0 Å². The van der Waals surface area contributed by atoms with Gasteiger partial charge in [0.25, 0.3) is 0 Å². The van der Waals surface area contributed by atoms with Crippen molar-refractivity contribution in [1.29, 1.82) is 0 Å². The predicted molar refractivity (Wildman–Crippen MR) is 82.7 cm³/mol. The van der Waals surface area contributed by atoms with E-state index < -0.39 is 17.6 Å². The lowest BCUT2D eigenvalue weighted by atomic mass is 10.2. The molecule has 0 aliphatic carbocycles. The van der Waals surface area contributed by atoms with Crippen LogP contribution in [0.1, 0.15) is 10.4 Å². The van der Waals surface area contributed by atoms with Gasteiger partial charge in [0.1, 0.15) is 11.6 Å². The molecule has 8 heteroatoms. The molecule has 0 aliphatic heterocycles. The van der Waals surface area contributed by atoms with E-state index in [4.69, 9.17) is 17.3 Å². The van der Waals surface area contributed by atoms with Gasteiger partial charge in [-0.05, 0) is 48.6 Å². The molecule has 0 aliphatic rings. The number of hydrogen-bond acceptors (Lipinski definition) is 3. The highest BCUT2D eigenvalue weighted by molar-refractivity contribution is 7.80. The monoisotopic (exact) mass is 323 g/mol. The predicted octanol–water partition coefficient (Wildman–Crippen LogP) is 2.98. The van der Waals surface area contributed by atoms with Crippen LogP contribution in [0.15, 0.2) is 42.5 Å². The van der Waals surface area contributed by atoms with Gasteiger partial charge in [-0.3, -0.25) is 10.9 Å². The summed E-state index contributed by atoms with van der Waals surface area (Å²) in [7, 11) is 0. The highest BCUT2D eigenvalue weighted by Crippen LogP contribution is 2.14. The normalized spacial score (nSPS) is 9.91. The van der Waals surface area contributed by atoms with Gasteiger partial charge in [0, 0.05) is 6.07 Å². The number of carboxylic acids is 1. The quantitative estimate of drug-likeness (QED) is 0.512. The van der Waals surface area contributed by atoms with Crippen LogP contribution in [0.4, 0.5) is 20.2 Å². The van der Waals surface area contributed by atoms with E-state index in [0.717, 1.165) is 12.1 Å². The van der Waals surface area contributed by atoms with Gasteiger partial charge in [0.15, 0.2) is 5.11 Å². The first kappa shape index (κ1) is 15.6. The van der Waals surface area contributed by atoms with Crippen LogP contribution in [-0.4, -0.2) is 16.2 Å². The second-order valence-electron chi connectivity index (χ2n) is 4.21. The summed E-state index contributed by atoms with van der Waals surface area (Å²) in [6.45, 7) is 0. The lowest BCUT2D eigenvalue weighted by molar-refractivity contribution is 0.0697. The Morgan fingerprint density at radius 1 is 1.09 bits per heavy atom. The number of halogens is 2. The number of nitrogens with one attached hydrogen (secondary N) is 3. The van der Waals surface area contributed by atoms with Gasteiger partial charge in [-0.25, -0.2) is 13.6 Å². The van der Waals surface area contributed by atoms with E-state index in [1.54, 1.807) is 0 Å². The summed E-state index contributed by atoms with van der Waals surface area (Å²) >= 11 is 4.96. The number of carboxylic acid groups (broad SMARTS) is 1. The van der Waals surface area contributed by atoms with Crippen LogP contribution in [0, 0.1) is 11.6 Å². The van der Waals surface area contributed by atoms with E-state index in [1.165, 1.54) is 30.3 Å². The molecule has 0 aromatic heterocycles. The summed E-state index contributed by atoms with van der Waals surface area (Å²) in [5, 5.41) is 11.4. The molecule has 0 saturated carbocycles. The van der Waals surface area contributed by atoms with E-state index in [2.05, 4.69) is 16.2 Å². The second-order valence-corrected chi connectivity index (χ2v) is 4.62. The van der Waals surface area contributed by atoms with Crippen LogP contribution in [-0.2, 0) is 0 Å². The number of hydrogen-bond donors (Lipinski definition) is 4. The Labute approximate surface area is 129 Å². The maximum Gasteiger partial charge on any atom is 0.335 e. The summed E-state index contributed by atoms with van der Waals surface area (Å²) in [6, 6.07) is 8.98. The van der Waals surface area contributed by atoms with Crippen LogP contribution in [0.2, 0.25) is 0 Å². The summed E-state index contributed by atoms with van der Waals surface area (Å²) in [6.07, 6.45) is 0. The standard InChI is InChI=1S/C14H11F2N3O2S/c15-9-3-6-12(11(16)7-9)17-14(22)19-18-10-4-1-8(2-5-10)13(20)21/h1-7,18H,(H,20,21)(H2,17,19,22). The third-order valence-electron chi connectivity index (χ3n) is 2.63. The van der Waals surface area contributed by atoms with E-state index in [9.17, 15) is 13.6 Å². The first-order chi connectivity index (χ1) is 10.5. The van der Waals surface area contributed by atoms with Gasteiger partial charge in [-0.1, -0.05) is 0 Å². The number of aromatic carboxylic acids is 1. The number of anilines is 2. The first-order valence-corrected chi connectivity index (χ1v) is 6.48. The fraction of sp³-hybridized carbons (Fsp3) is 0. The molecule has 0 spiro atoms.